The molecule has 16 heteroatoms. The van der Waals surface area contributed by atoms with Crippen LogP contribution in [0, 0.1) is 81.3 Å². The average Bonchev–Trinajstić information content (AvgIpc) is 1.55. The molecule has 0 aliphatic heterocycles. The van der Waals surface area contributed by atoms with Gasteiger partial charge >= 0.3 is 0 Å². The van der Waals surface area contributed by atoms with Gasteiger partial charge in [0.25, 0.3) is 5.92 Å². The zero-order valence-corrected chi connectivity index (χ0v) is 97.2. The molecule has 0 bridgehead atoms. The summed E-state index contributed by atoms with van der Waals surface area (Å²) < 4.78 is 51.6. The van der Waals surface area contributed by atoms with Gasteiger partial charge < -0.3 is 63.8 Å². The highest BCUT2D eigenvalue weighted by atomic mass is 19.3. The van der Waals surface area contributed by atoms with Gasteiger partial charge in [-0.1, -0.05) is 275 Å². The molecule has 9 aliphatic rings. The summed E-state index contributed by atoms with van der Waals surface area (Å²) in [4.78, 5) is 0. The van der Waals surface area contributed by atoms with Crippen LogP contribution in [0.15, 0.2) is 0 Å². The molecule has 12 N–H and O–H groups in total. The van der Waals surface area contributed by atoms with Crippen LogP contribution in [-0.2, 0) is 0 Å². The van der Waals surface area contributed by atoms with E-state index in [1.807, 2.05) is 6.92 Å². The van der Waals surface area contributed by atoms with Crippen LogP contribution in [0.25, 0.3) is 0 Å². The lowest BCUT2D eigenvalue weighted by Crippen LogP contribution is -2.51. The van der Waals surface area contributed by atoms with Gasteiger partial charge in [-0.2, -0.15) is 0 Å². The topological polar surface area (TPSA) is 144 Å². The number of alkyl halides is 4. The number of rotatable bonds is 35. The summed E-state index contributed by atoms with van der Waals surface area (Å²) in [5.74, 6) is 2.63. The maximum absolute atomic E-state index is 12.9. The fourth-order valence-electron chi connectivity index (χ4n) is 20.4. The summed E-state index contributed by atoms with van der Waals surface area (Å²) in [6.07, 6.45) is 26.6. The molecule has 9 saturated carbocycles. The molecule has 13 atom stereocenters. The standard InChI is InChI=1S/C11H19F2N.C11H21N.C10H19F2N.C10H21N.2C10H23N.2C9H19N.2C9H21N.C8H17N.C8H19N/c1-6(2)14-7(3)8-4-9-10(5-8)11(9,12)13;1-7(2)12-8(3)9-4-10-6-11(10)5-9;1-8(2)13-9(3)4-6-10(11,12)7-5-9;1-8(2)11-9(3)10(4)6-5-7-10;1-8(2)11-9(3)7-10(4,5)6;1-8(2)7-10(5,6)11-9(3)4;1-7(2)10-9(3,4)8-5-6-8;1-7(2)10-8(3)9-5-4-6-9;1-7(2)10-8(3)9(4,5)6;1-6-8(4)9(5)10-7(2)3;1-7(2)9-8(3)5-4-6-8;1-6(2)8(5)9-7(3)4/h6-10,14H,4-5H2,1-3H3;7-12H,4-6H2,1-3H3;8,13H,4-7H2,1-3H3;8-9,11H,5-7H2,1-4H3;2*8-9,11H,7H2,1-6H3;7-8,10H,5-6H2,1-4H3;7-10H,4-6H2,1-3H3;7-8,10H,1-6H3;7-10H,6H2,1-5H3;7,9H,4-6H2,1-3H3;6-9H,1-5H3. The molecule has 0 spiro atoms. The molecule has 0 heterocycles. The Kier molecular flexibility index (Phi) is 64.8. The maximum Gasteiger partial charge on any atom is 0.254 e. The monoisotopic (exact) mass is 1860 g/mol. The van der Waals surface area contributed by atoms with E-state index in [0.717, 1.165) is 72.3 Å². The summed E-state index contributed by atoms with van der Waals surface area (Å²) in [5.41, 5.74) is 2.52. The van der Waals surface area contributed by atoms with Crippen LogP contribution in [0.1, 0.15) is 501 Å². The summed E-state index contributed by atoms with van der Waals surface area (Å²) in [6, 6.07) is 12.1. The van der Waals surface area contributed by atoms with Gasteiger partial charge in [0.05, 0.1) is 0 Å². The van der Waals surface area contributed by atoms with Crippen molar-refractivity contribution in [2.45, 2.75) is 656 Å². The van der Waals surface area contributed by atoms with Crippen LogP contribution >= 0.6 is 0 Å². The van der Waals surface area contributed by atoms with Gasteiger partial charge in [-0.25, -0.2) is 17.6 Å². The Balaban J connectivity index is -0.00000136. The summed E-state index contributed by atoms with van der Waals surface area (Å²) in [7, 11) is 0. The first-order valence-corrected chi connectivity index (χ1v) is 54.9. The summed E-state index contributed by atoms with van der Waals surface area (Å²) in [6.45, 7) is 114. The lowest BCUT2D eigenvalue weighted by Gasteiger charge is -2.44. The van der Waals surface area contributed by atoms with E-state index in [2.05, 4.69) is 410 Å². The summed E-state index contributed by atoms with van der Waals surface area (Å²) >= 11 is 0. The molecule has 0 aromatic heterocycles. The third kappa shape index (κ3) is 65.3. The lowest BCUT2D eigenvalue weighted by molar-refractivity contribution is -0.0543. The zero-order valence-electron chi connectivity index (χ0n) is 97.2. The van der Waals surface area contributed by atoms with Gasteiger partial charge in [-0.15, -0.1) is 0 Å². The van der Waals surface area contributed by atoms with Gasteiger partial charge in [0.1, 0.15) is 0 Å². The van der Waals surface area contributed by atoms with Crippen molar-refractivity contribution in [3.63, 3.8) is 0 Å². The Labute approximate surface area is 813 Å². The fraction of sp³-hybridized carbons (Fsp3) is 1.00. The highest BCUT2D eigenvalue weighted by molar-refractivity contribution is 5.12. The Morgan fingerprint density at radius 1 is 0.338 bits per heavy atom. The maximum atomic E-state index is 12.9. The van der Waals surface area contributed by atoms with E-state index >= 15 is 0 Å². The van der Waals surface area contributed by atoms with Crippen molar-refractivity contribution in [1.82, 2.24) is 63.8 Å². The van der Waals surface area contributed by atoms with Crippen molar-refractivity contribution in [2.75, 3.05) is 0 Å². The van der Waals surface area contributed by atoms with Crippen molar-refractivity contribution in [3.05, 3.63) is 0 Å². The van der Waals surface area contributed by atoms with Crippen molar-refractivity contribution in [1.29, 1.82) is 0 Å². The minimum absolute atomic E-state index is 0.0310. The molecule has 9 fully saturated rings. The third-order valence-corrected chi connectivity index (χ3v) is 28.7. The summed E-state index contributed by atoms with van der Waals surface area (Å²) in [5, 5.41) is 42.1. The van der Waals surface area contributed by atoms with Crippen LogP contribution < -0.4 is 63.8 Å². The Hall–Kier alpha value is -0.760. The van der Waals surface area contributed by atoms with E-state index < -0.39 is 11.8 Å². The normalized spacial score (nSPS) is 24.0. The smallest absolute Gasteiger partial charge is 0.254 e. The molecular formula is C114H242F4N12. The number of hydrogen-bond donors (Lipinski definition) is 12. The van der Waals surface area contributed by atoms with Crippen LogP contribution in [0.2, 0.25) is 0 Å². The van der Waals surface area contributed by atoms with Crippen LogP contribution in [0.4, 0.5) is 17.6 Å². The number of nitrogens with one attached hydrogen (secondary N) is 12. The van der Waals surface area contributed by atoms with Gasteiger partial charge in [-0.3, -0.25) is 0 Å². The van der Waals surface area contributed by atoms with Crippen LogP contribution in [-0.4, -0.2) is 155 Å². The highest BCUT2D eigenvalue weighted by Crippen LogP contribution is 2.66. The zero-order chi connectivity index (χ0) is 102. The Bertz CT molecular complexity index is 2670. The first-order valence-electron chi connectivity index (χ1n) is 54.9. The van der Waals surface area contributed by atoms with Gasteiger partial charge in [0, 0.05) is 168 Å². The van der Waals surface area contributed by atoms with E-state index in [-0.39, 0.29) is 30.2 Å². The van der Waals surface area contributed by atoms with Crippen molar-refractivity contribution in [3.8, 4) is 0 Å². The Morgan fingerprint density at radius 3 is 0.969 bits per heavy atom. The molecule has 9 aliphatic carbocycles. The quantitative estimate of drug-likeness (QED) is 0.0275. The largest absolute Gasteiger partial charge is 0.312 e. The van der Waals surface area contributed by atoms with Gasteiger partial charge in [0.2, 0.25) is 5.92 Å². The average molecular weight is 1860 g/mol. The molecule has 0 radical (unpaired) electrons. The van der Waals surface area contributed by atoms with Gasteiger partial charge in [0.15, 0.2) is 0 Å². The molecule has 9 rings (SSSR count). The second-order valence-electron chi connectivity index (χ2n) is 52.4. The second kappa shape index (κ2) is 63.2. The number of halogens is 4. The van der Waals surface area contributed by atoms with Crippen molar-refractivity contribution in [2.24, 2.45) is 81.3 Å². The molecule has 786 valence electrons. The molecule has 0 saturated heterocycles. The van der Waals surface area contributed by atoms with Gasteiger partial charge in [-0.05, 0) is 282 Å². The molecule has 0 aromatic carbocycles. The van der Waals surface area contributed by atoms with E-state index in [9.17, 15) is 17.6 Å². The first kappa shape index (κ1) is 133. The van der Waals surface area contributed by atoms with Crippen LogP contribution in [0.3, 0.4) is 0 Å². The minimum atomic E-state index is -2.42. The fourth-order valence-corrected chi connectivity index (χ4v) is 20.4. The minimum Gasteiger partial charge on any atom is -0.312 e. The van der Waals surface area contributed by atoms with E-state index in [1.165, 1.54) is 103 Å². The predicted molar refractivity (Wildman–Crippen MR) is 575 cm³/mol. The molecule has 0 amide bonds. The van der Waals surface area contributed by atoms with E-state index in [0.29, 0.717) is 160 Å². The van der Waals surface area contributed by atoms with Crippen LogP contribution in [0.5, 0.6) is 0 Å². The predicted octanol–water partition coefficient (Wildman–Crippen LogP) is 29.4. The SMILES string of the molecule is CC(C)CC(C)(C)NC(C)C.CC(C)NC(C)(C)C1CC1.CC(C)NC(C)C(C)(C)C.CC(C)NC(C)C(C)C.CC(C)NC(C)C1(C)CCC1.CC(C)NC(C)C1CC2C(C1)C2(F)F.CC(C)NC(C)C1CC2CC2C1.CC(C)NC(C)C1CCC1.CC(C)NC(C)CC(C)(C)C.CC(C)NC1(C)CCC(F)(F)CC1.CC(C)NC1(C)CCC1.CCC(C)C(C)NC(C)C. The van der Waals surface area contributed by atoms with Crippen molar-refractivity contribution >= 4 is 0 Å². The molecule has 0 aromatic rings. The molecule has 130 heavy (non-hydrogen) atoms. The first-order chi connectivity index (χ1) is 58.9. The molecule has 12 nitrogen and oxygen atoms in total. The molecular weight excluding hydrogens is 1610 g/mol. The Morgan fingerprint density at radius 2 is 0.700 bits per heavy atom. The van der Waals surface area contributed by atoms with E-state index in [4.69, 9.17) is 0 Å². The van der Waals surface area contributed by atoms with Crippen molar-refractivity contribution < 1.29 is 17.6 Å². The molecule has 13 unspecified atom stereocenters. The second-order valence-corrected chi connectivity index (χ2v) is 52.4. The van der Waals surface area contributed by atoms with E-state index in [1.54, 1.807) is 6.42 Å². The lowest BCUT2D eigenvalue weighted by atomic mass is 9.66. The highest BCUT2D eigenvalue weighted by Gasteiger charge is 2.71. The number of hydrogen-bond acceptors (Lipinski definition) is 12. The number of fused-ring (bicyclic) bond motifs is 2. The third-order valence-electron chi connectivity index (χ3n) is 28.7.